The van der Waals surface area contributed by atoms with E-state index in [0.717, 1.165) is 19.4 Å². The predicted octanol–water partition coefficient (Wildman–Crippen LogP) is 1.97. The summed E-state index contributed by atoms with van der Waals surface area (Å²) in [4.78, 5) is 0. The molecule has 1 aliphatic carbocycles. The van der Waals surface area contributed by atoms with Gasteiger partial charge in [-0.05, 0) is 25.3 Å². The van der Waals surface area contributed by atoms with Crippen LogP contribution < -0.4 is 5.32 Å². The lowest BCUT2D eigenvalue weighted by molar-refractivity contribution is -0.152. The normalized spacial score (nSPS) is 39.8. The molecule has 1 saturated carbocycles. The van der Waals surface area contributed by atoms with E-state index in [-0.39, 0.29) is 24.4 Å². The minimum Gasteiger partial charge on any atom is -0.313 e. The van der Waals surface area contributed by atoms with Crippen molar-refractivity contribution in [3.05, 3.63) is 0 Å². The Kier molecular flexibility index (Phi) is 2.59. The summed E-state index contributed by atoms with van der Waals surface area (Å²) in [7, 11) is 0. The first-order chi connectivity index (χ1) is 5.11. The molecule has 0 aromatic carbocycles. The van der Waals surface area contributed by atoms with E-state index in [0.29, 0.717) is 0 Å². The van der Waals surface area contributed by atoms with Crippen LogP contribution in [0.25, 0.3) is 0 Å². The van der Waals surface area contributed by atoms with Crippen molar-refractivity contribution in [1.82, 2.24) is 5.32 Å². The van der Waals surface area contributed by atoms with Crippen molar-refractivity contribution < 1.29 is 13.2 Å². The third-order valence-corrected chi connectivity index (χ3v) is 2.64. The van der Waals surface area contributed by atoms with Crippen LogP contribution in [0.4, 0.5) is 13.2 Å². The molecule has 0 aromatic rings. The Balaban J connectivity index is 0.000000720. The fraction of sp³-hybridized carbons (Fsp3) is 1.00. The van der Waals surface area contributed by atoms with Crippen molar-refractivity contribution in [2.45, 2.75) is 25.1 Å². The van der Waals surface area contributed by atoms with Gasteiger partial charge in [0.1, 0.15) is 0 Å². The Morgan fingerprint density at radius 3 is 2.33 bits per heavy atom. The molecule has 2 rings (SSSR count). The van der Waals surface area contributed by atoms with E-state index in [1.54, 1.807) is 0 Å². The number of nitrogens with one attached hydrogen (secondary N) is 1. The van der Waals surface area contributed by atoms with E-state index in [1.807, 2.05) is 0 Å². The van der Waals surface area contributed by atoms with E-state index >= 15 is 0 Å². The van der Waals surface area contributed by atoms with Gasteiger partial charge in [0.25, 0.3) is 0 Å². The van der Waals surface area contributed by atoms with Crippen LogP contribution in [0.2, 0.25) is 0 Å². The van der Waals surface area contributed by atoms with E-state index < -0.39 is 12.1 Å². The molecule has 1 N–H and O–H groups in total. The maximum Gasteiger partial charge on any atom is 0.393 e. The summed E-state index contributed by atoms with van der Waals surface area (Å²) in [6.45, 7) is 0.758. The van der Waals surface area contributed by atoms with Crippen LogP contribution in [-0.4, -0.2) is 18.8 Å². The minimum atomic E-state index is -3.97. The third-order valence-electron chi connectivity index (χ3n) is 2.64. The summed E-state index contributed by atoms with van der Waals surface area (Å²) in [6, 6.07) is -0.247. The Morgan fingerprint density at radius 1 is 1.25 bits per heavy atom. The molecule has 1 nitrogen and oxygen atoms in total. The third kappa shape index (κ3) is 1.55. The van der Waals surface area contributed by atoms with Gasteiger partial charge >= 0.3 is 6.18 Å². The summed E-state index contributed by atoms with van der Waals surface area (Å²) in [5.74, 6) is -1.14. The average Bonchev–Trinajstić information content (AvgIpc) is 2.58. The number of hydrogen-bond donors (Lipinski definition) is 1. The molecular weight excluding hydrogens is 191 g/mol. The largest absolute Gasteiger partial charge is 0.393 e. The number of alkyl halides is 3. The molecular formula is C7H11ClF3N. The van der Waals surface area contributed by atoms with E-state index in [4.69, 9.17) is 0 Å². The number of hydrogen-bond acceptors (Lipinski definition) is 1. The molecule has 1 aliphatic heterocycles. The number of piperidine rings is 1. The molecule has 0 radical (unpaired) electrons. The molecule has 0 spiro atoms. The van der Waals surface area contributed by atoms with Crippen molar-refractivity contribution in [3.63, 3.8) is 0 Å². The molecule has 1 heterocycles. The van der Waals surface area contributed by atoms with Gasteiger partial charge in [-0.2, -0.15) is 13.2 Å². The zero-order chi connectivity index (χ0) is 8.06. The van der Waals surface area contributed by atoms with Crippen LogP contribution in [0.1, 0.15) is 12.8 Å². The van der Waals surface area contributed by atoms with Crippen molar-refractivity contribution in [1.29, 1.82) is 0 Å². The van der Waals surface area contributed by atoms with Crippen LogP contribution >= 0.6 is 12.4 Å². The highest BCUT2D eigenvalue weighted by Gasteiger charge is 2.64. The van der Waals surface area contributed by atoms with Crippen LogP contribution in [0.15, 0.2) is 0 Å². The Morgan fingerprint density at radius 2 is 1.92 bits per heavy atom. The smallest absolute Gasteiger partial charge is 0.313 e. The molecule has 3 atom stereocenters. The lowest BCUT2D eigenvalue weighted by Gasteiger charge is -2.07. The first kappa shape index (κ1) is 10.1. The van der Waals surface area contributed by atoms with Gasteiger partial charge in [0.15, 0.2) is 0 Å². The highest BCUT2D eigenvalue weighted by molar-refractivity contribution is 5.85. The maximum atomic E-state index is 12.1. The molecule has 72 valence electrons. The van der Waals surface area contributed by atoms with Crippen molar-refractivity contribution >= 4 is 12.4 Å². The molecule has 1 saturated heterocycles. The number of rotatable bonds is 0. The summed E-state index contributed by atoms with van der Waals surface area (Å²) < 4.78 is 36.3. The molecule has 0 amide bonds. The van der Waals surface area contributed by atoms with Crippen LogP contribution in [-0.2, 0) is 0 Å². The number of fused-ring (bicyclic) bond motifs is 1. The monoisotopic (exact) mass is 201 g/mol. The molecule has 2 fully saturated rings. The number of halogens is 4. The molecule has 0 bridgehead atoms. The summed E-state index contributed by atoms with van der Waals surface area (Å²) in [5.41, 5.74) is 0. The van der Waals surface area contributed by atoms with Gasteiger partial charge in [-0.25, -0.2) is 0 Å². The Hall–Kier alpha value is 0.0400. The van der Waals surface area contributed by atoms with Crippen LogP contribution in [0.3, 0.4) is 0 Å². The minimum absolute atomic E-state index is 0. The quantitative estimate of drug-likeness (QED) is 0.632. The van der Waals surface area contributed by atoms with Gasteiger partial charge in [-0.15, -0.1) is 12.4 Å². The topological polar surface area (TPSA) is 12.0 Å². The SMILES string of the molecule is Cl.FC(F)(F)C1C2CCCNC21. The van der Waals surface area contributed by atoms with E-state index in [2.05, 4.69) is 5.32 Å². The standard InChI is InChI=1S/C7H10F3N.ClH/c8-7(9,10)5-4-2-1-3-11-6(4)5;/h4-6,11H,1-3H2;1H. The zero-order valence-electron chi connectivity index (χ0n) is 6.40. The van der Waals surface area contributed by atoms with Gasteiger partial charge in [0.05, 0.1) is 5.92 Å². The molecule has 5 heteroatoms. The van der Waals surface area contributed by atoms with E-state index in [1.165, 1.54) is 0 Å². The van der Waals surface area contributed by atoms with Gasteiger partial charge in [0, 0.05) is 6.04 Å². The van der Waals surface area contributed by atoms with Gasteiger partial charge in [-0.1, -0.05) is 0 Å². The second-order valence-electron chi connectivity index (χ2n) is 3.35. The second kappa shape index (κ2) is 3.07. The van der Waals surface area contributed by atoms with Crippen molar-refractivity contribution in [3.8, 4) is 0 Å². The average molecular weight is 202 g/mol. The van der Waals surface area contributed by atoms with Crippen LogP contribution in [0, 0.1) is 11.8 Å². The second-order valence-corrected chi connectivity index (χ2v) is 3.35. The molecule has 2 aliphatic rings. The van der Waals surface area contributed by atoms with Crippen LogP contribution in [0.5, 0.6) is 0 Å². The van der Waals surface area contributed by atoms with Crippen molar-refractivity contribution in [2.75, 3.05) is 6.54 Å². The first-order valence-corrected chi connectivity index (χ1v) is 3.91. The maximum absolute atomic E-state index is 12.1. The highest BCUT2D eigenvalue weighted by atomic mass is 35.5. The Labute approximate surface area is 75.1 Å². The summed E-state index contributed by atoms with van der Waals surface area (Å²) >= 11 is 0. The van der Waals surface area contributed by atoms with Gasteiger partial charge < -0.3 is 5.32 Å². The Bertz CT molecular complexity index is 159. The van der Waals surface area contributed by atoms with Gasteiger partial charge in [0.2, 0.25) is 0 Å². The molecule has 3 unspecified atom stereocenters. The van der Waals surface area contributed by atoms with E-state index in [9.17, 15) is 13.2 Å². The lowest BCUT2D eigenvalue weighted by atomic mass is 10.1. The highest BCUT2D eigenvalue weighted by Crippen LogP contribution is 2.53. The summed E-state index contributed by atoms with van der Waals surface area (Å²) in [6.07, 6.45) is -2.32. The fourth-order valence-corrected chi connectivity index (χ4v) is 2.06. The predicted molar refractivity (Wildman–Crippen MR) is 41.3 cm³/mol. The fourth-order valence-electron chi connectivity index (χ4n) is 2.06. The van der Waals surface area contributed by atoms with Crippen molar-refractivity contribution in [2.24, 2.45) is 11.8 Å². The zero-order valence-corrected chi connectivity index (χ0v) is 7.21. The lowest BCUT2D eigenvalue weighted by Crippen LogP contribution is -2.26. The first-order valence-electron chi connectivity index (χ1n) is 3.91. The molecule has 12 heavy (non-hydrogen) atoms. The summed E-state index contributed by atoms with van der Waals surface area (Å²) in [5, 5.41) is 2.89. The molecule has 0 aromatic heterocycles. The van der Waals surface area contributed by atoms with Gasteiger partial charge in [-0.3, -0.25) is 0 Å².